The lowest BCUT2D eigenvalue weighted by molar-refractivity contribution is 0.145. The van der Waals surface area contributed by atoms with Crippen LogP contribution in [0.5, 0.6) is 0 Å². The third-order valence-electron chi connectivity index (χ3n) is 3.73. The van der Waals surface area contributed by atoms with Gasteiger partial charge >= 0.3 is 0 Å². The zero-order valence-electron chi connectivity index (χ0n) is 13.6. The number of nitrogens with zero attached hydrogens (tertiary/aromatic N) is 2. The normalized spacial score (nSPS) is 12.0. The first-order valence-electron chi connectivity index (χ1n) is 7.41. The summed E-state index contributed by atoms with van der Waals surface area (Å²) in [7, 11) is -3.75. The van der Waals surface area contributed by atoms with Crippen LogP contribution >= 0.6 is 31.9 Å². The lowest BCUT2D eigenvalue weighted by Crippen LogP contribution is -2.05. The molecule has 1 aromatic heterocycles. The summed E-state index contributed by atoms with van der Waals surface area (Å²) in [6, 6.07) is 9.70. The van der Waals surface area contributed by atoms with Gasteiger partial charge in [-0.2, -0.15) is 5.10 Å². The number of hydrogen-bond donors (Lipinski definition) is 0. The molecular formula is C17H11Br2F3N2O2S. The highest BCUT2D eigenvalue weighted by Gasteiger charge is 2.20. The van der Waals surface area contributed by atoms with E-state index >= 15 is 0 Å². The maximum atomic E-state index is 14.3. The summed E-state index contributed by atoms with van der Waals surface area (Å²) in [6.45, 7) is 0. The Balaban J connectivity index is 2.20. The van der Waals surface area contributed by atoms with Crippen molar-refractivity contribution in [1.82, 2.24) is 9.78 Å². The Kier molecular flexibility index (Phi) is 5.51. The molecule has 0 amide bonds. The van der Waals surface area contributed by atoms with E-state index in [1.165, 1.54) is 12.1 Å². The minimum absolute atomic E-state index is 0.126. The van der Waals surface area contributed by atoms with Crippen LogP contribution in [0.2, 0.25) is 0 Å². The second kappa shape index (κ2) is 7.40. The summed E-state index contributed by atoms with van der Waals surface area (Å²) in [5.41, 5.74) is 0.527. The van der Waals surface area contributed by atoms with Crippen molar-refractivity contribution < 1.29 is 21.6 Å². The Morgan fingerprint density at radius 2 is 1.74 bits per heavy atom. The third kappa shape index (κ3) is 4.12. The van der Waals surface area contributed by atoms with Gasteiger partial charge in [-0.15, -0.1) is 0 Å². The molecule has 0 aliphatic heterocycles. The Labute approximate surface area is 170 Å². The Morgan fingerprint density at radius 3 is 2.30 bits per heavy atom. The number of halogens is 5. The fraction of sp³-hybridized carbons (Fsp3) is 0.118. The zero-order valence-corrected chi connectivity index (χ0v) is 17.6. The molecule has 10 heteroatoms. The molecule has 2 aromatic carbocycles. The molecule has 0 aliphatic rings. The average molecular weight is 524 g/mol. The van der Waals surface area contributed by atoms with E-state index in [2.05, 4.69) is 37.0 Å². The van der Waals surface area contributed by atoms with Crippen LogP contribution in [-0.4, -0.2) is 24.5 Å². The van der Waals surface area contributed by atoms with Crippen LogP contribution in [0.4, 0.5) is 13.2 Å². The molecule has 27 heavy (non-hydrogen) atoms. The fourth-order valence-electron chi connectivity index (χ4n) is 2.49. The van der Waals surface area contributed by atoms with E-state index in [1.807, 2.05) is 0 Å². The zero-order chi connectivity index (χ0) is 19.9. The molecule has 0 unspecified atom stereocenters. The molecule has 0 radical (unpaired) electrons. The third-order valence-corrected chi connectivity index (χ3v) is 6.74. The summed E-state index contributed by atoms with van der Waals surface area (Å²) in [5.74, 6) is -0.980. The average Bonchev–Trinajstić information content (AvgIpc) is 3.01. The Hall–Kier alpha value is -1.65. The van der Waals surface area contributed by atoms with Gasteiger partial charge in [-0.1, -0.05) is 6.07 Å². The molecule has 3 aromatic rings. The minimum Gasteiger partial charge on any atom is -0.233 e. The number of sulfone groups is 1. The predicted octanol–water partition coefficient (Wildman–Crippen LogP) is 5.54. The number of rotatable bonds is 4. The summed E-state index contributed by atoms with van der Waals surface area (Å²) in [5, 5.41) is 3.86. The van der Waals surface area contributed by atoms with Gasteiger partial charge in [0, 0.05) is 26.8 Å². The van der Waals surface area contributed by atoms with Gasteiger partial charge in [-0.05, 0) is 62.2 Å². The lowest BCUT2D eigenvalue weighted by Gasteiger charge is -2.10. The van der Waals surface area contributed by atoms with Crippen LogP contribution in [-0.2, 0) is 9.84 Å². The van der Waals surface area contributed by atoms with Crippen LogP contribution in [0, 0.1) is 5.82 Å². The molecule has 0 fully saturated rings. The van der Waals surface area contributed by atoms with E-state index in [-0.39, 0.29) is 5.69 Å². The van der Waals surface area contributed by atoms with Gasteiger partial charge in [0.1, 0.15) is 16.4 Å². The van der Waals surface area contributed by atoms with Crippen LogP contribution in [0.3, 0.4) is 0 Å². The van der Waals surface area contributed by atoms with Crippen molar-refractivity contribution >= 4 is 41.7 Å². The van der Waals surface area contributed by atoms with Gasteiger partial charge in [0.05, 0.1) is 11.4 Å². The van der Waals surface area contributed by atoms with Gasteiger partial charge in [0.25, 0.3) is 6.43 Å². The van der Waals surface area contributed by atoms with Crippen molar-refractivity contribution in [1.29, 1.82) is 0 Å². The quantitative estimate of drug-likeness (QED) is 0.451. The maximum absolute atomic E-state index is 14.3. The van der Waals surface area contributed by atoms with Gasteiger partial charge in [-0.3, -0.25) is 0 Å². The SMILES string of the molecule is CS(=O)(=O)c1ccc(-n2nc(C(F)F)cc2-c2ccc(Br)c(Br)c2)cc1F. The van der Waals surface area contributed by atoms with Crippen LogP contribution in [0.25, 0.3) is 16.9 Å². The predicted molar refractivity (Wildman–Crippen MR) is 102 cm³/mol. The summed E-state index contributed by atoms with van der Waals surface area (Å²) >= 11 is 6.69. The molecule has 1 heterocycles. The molecule has 4 nitrogen and oxygen atoms in total. The van der Waals surface area contributed by atoms with E-state index in [0.29, 0.717) is 15.7 Å². The van der Waals surface area contributed by atoms with Crippen LogP contribution < -0.4 is 0 Å². The molecule has 0 atom stereocenters. The molecule has 0 saturated heterocycles. The molecule has 3 rings (SSSR count). The largest absolute Gasteiger partial charge is 0.282 e. The Morgan fingerprint density at radius 1 is 1.04 bits per heavy atom. The first-order chi connectivity index (χ1) is 12.6. The second-order valence-electron chi connectivity index (χ2n) is 5.68. The highest BCUT2D eigenvalue weighted by Crippen LogP contribution is 2.33. The molecule has 0 spiro atoms. The van der Waals surface area contributed by atoms with Crippen molar-refractivity contribution in [3.8, 4) is 16.9 Å². The number of hydrogen-bond acceptors (Lipinski definition) is 3. The van der Waals surface area contributed by atoms with Crippen molar-refractivity contribution in [2.75, 3.05) is 6.26 Å². The summed E-state index contributed by atoms with van der Waals surface area (Å²) in [4.78, 5) is -0.472. The highest BCUT2D eigenvalue weighted by molar-refractivity contribution is 9.13. The van der Waals surface area contributed by atoms with E-state index in [0.717, 1.165) is 27.5 Å². The molecule has 0 bridgehead atoms. The molecule has 142 valence electrons. The Bertz CT molecular complexity index is 1130. The van der Waals surface area contributed by atoms with Crippen LogP contribution in [0.1, 0.15) is 12.1 Å². The van der Waals surface area contributed by atoms with Gasteiger partial charge in [0.15, 0.2) is 9.84 Å². The summed E-state index contributed by atoms with van der Waals surface area (Å²) < 4.78 is 66.4. The molecule has 0 aliphatic carbocycles. The number of alkyl halides is 2. The van der Waals surface area contributed by atoms with Crippen molar-refractivity contribution in [2.24, 2.45) is 0 Å². The van der Waals surface area contributed by atoms with E-state index < -0.39 is 32.7 Å². The molecule has 0 N–H and O–H groups in total. The maximum Gasteiger partial charge on any atom is 0.282 e. The van der Waals surface area contributed by atoms with Gasteiger partial charge in [-0.25, -0.2) is 26.3 Å². The summed E-state index contributed by atoms with van der Waals surface area (Å²) in [6.07, 6.45) is -1.93. The standard InChI is InChI=1S/C17H11Br2F3N2O2S/c1-27(25,26)16-5-3-10(7-13(16)20)24-15(8-14(23-24)17(21)22)9-2-4-11(18)12(19)6-9/h2-8,17H,1H3. The second-order valence-corrected chi connectivity index (χ2v) is 9.38. The molecular weight excluding hydrogens is 513 g/mol. The lowest BCUT2D eigenvalue weighted by atomic mass is 10.1. The van der Waals surface area contributed by atoms with E-state index in [1.54, 1.807) is 18.2 Å². The topological polar surface area (TPSA) is 52.0 Å². The van der Waals surface area contributed by atoms with E-state index in [9.17, 15) is 21.6 Å². The number of benzene rings is 2. The van der Waals surface area contributed by atoms with Crippen molar-refractivity contribution in [3.05, 3.63) is 62.9 Å². The van der Waals surface area contributed by atoms with Crippen molar-refractivity contribution in [3.63, 3.8) is 0 Å². The highest BCUT2D eigenvalue weighted by atomic mass is 79.9. The van der Waals surface area contributed by atoms with Gasteiger partial charge in [0.2, 0.25) is 0 Å². The number of aromatic nitrogens is 2. The van der Waals surface area contributed by atoms with Crippen molar-refractivity contribution in [2.45, 2.75) is 11.3 Å². The first kappa shape index (κ1) is 20.1. The molecule has 0 saturated carbocycles. The fourth-order valence-corrected chi connectivity index (χ4v) is 3.84. The minimum atomic E-state index is -3.75. The first-order valence-corrected chi connectivity index (χ1v) is 10.9. The smallest absolute Gasteiger partial charge is 0.233 e. The monoisotopic (exact) mass is 522 g/mol. The van der Waals surface area contributed by atoms with E-state index in [4.69, 9.17) is 0 Å². The van der Waals surface area contributed by atoms with Gasteiger partial charge < -0.3 is 0 Å². The van der Waals surface area contributed by atoms with Crippen LogP contribution in [0.15, 0.2) is 56.3 Å².